The zero-order valence-corrected chi connectivity index (χ0v) is 13.1. The molecule has 7 nitrogen and oxygen atoms in total. The van der Waals surface area contributed by atoms with Crippen LogP contribution in [0.2, 0.25) is 0 Å². The number of carbonyl (C=O) groups is 3. The van der Waals surface area contributed by atoms with Gasteiger partial charge in [0, 0.05) is 12.4 Å². The lowest BCUT2D eigenvalue weighted by molar-refractivity contribution is -0.0584. The Morgan fingerprint density at radius 3 is 2.31 bits per heavy atom. The zero-order chi connectivity index (χ0) is 18.3. The molecule has 2 heterocycles. The summed E-state index contributed by atoms with van der Waals surface area (Å²) in [6, 6.07) is 11.2. The number of benzene rings is 2. The second kappa shape index (κ2) is 5.92. The van der Waals surface area contributed by atoms with E-state index in [2.05, 4.69) is 5.10 Å². The highest BCUT2D eigenvalue weighted by atomic mass is 19.1. The number of imide groups is 1. The Morgan fingerprint density at radius 1 is 1.00 bits per heavy atom. The largest absolute Gasteiger partial charge is 0.366 e. The van der Waals surface area contributed by atoms with Crippen LogP contribution < -0.4 is 0 Å². The molecule has 1 aromatic heterocycles. The molecule has 0 fully saturated rings. The molecule has 0 atom stereocenters. The smallest absolute Gasteiger partial charge is 0.324 e. The van der Waals surface area contributed by atoms with Crippen molar-refractivity contribution in [1.82, 2.24) is 14.8 Å². The molecule has 0 radical (unpaired) electrons. The summed E-state index contributed by atoms with van der Waals surface area (Å²) in [5, 5.41) is 4.37. The molecule has 26 heavy (non-hydrogen) atoms. The first-order valence-electron chi connectivity index (χ1n) is 7.56. The molecule has 1 aliphatic rings. The van der Waals surface area contributed by atoms with Gasteiger partial charge < -0.3 is 4.84 Å². The number of hydrogen-bond acceptors (Lipinski definition) is 5. The van der Waals surface area contributed by atoms with E-state index < -0.39 is 23.6 Å². The number of aromatic nitrogens is 2. The molecule has 2 amide bonds. The monoisotopic (exact) mass is 351 g/mol. The molecule has 4 rings (SSSR count). The lowest BCUT2D eigenvalue weighted by Gasteiger charge is -2.14. The molecule has 0 spiro atoms. The summed E-state index contributed by atoms with van der Waals surface area (Å²) in [5.74, 6) is -3.23. The van der Waals surface area contributed by atoms with Gasteiger partial charge in [0.15, 0.2) is 0 Å². The number of nitrogens with zero attached hydrogens (tertiary/aromatic N) is 3. The Kier molecular flexibility index (Phi) is 3.58. The molecule has 128 valence electrons. The lowest BCUT2D eigenvalue weighted by Crippen LogP contribution is -2.33. The summed E-state index contributed by atoms with van der Waals surface area (Å²) in [7, 11) is 0. The van der Waals surface area contributed by atoms with E-state index in [1.165, 1.54) is 29.1 Å². The quantitative estimate of drug-likeness (QED) is 0.677. The Balaban J connectivity index is 1.67. The summed E-state index contributed by atoms with van der Waals surface area (Å²) in [4.78, 5) is 42.1. The fourth-order valence-corrected chi connectivity index (χ4v) is 2.66. The van der Waals surface area contributed by atoms with Crippen molar-refractivity contribution in [2.75, 3.05) is 0 Å². The van der Waals surface area contributed by atoms with Crippen LogP contribution in [0, 0.1) is 5.82 Å². The summed E-state index contributed by atoms with van der Waals surface area (Å²) in [6.45, 7) is 0. The van der Waals surface area contributed by atoms with Crippen LogP contribution in [-0.2, 0) is 4.84 Å². The van der Waals surface area contributed by atoms with E-state index in [4.69, 9.17) is 4.84 Å². The molecule has 0 N–H and O–H groups in total. The molecular weight excluding hydrogens is 341 g/mol. The van der Waals surface area contributed by atoms with Crippen molar-refractivity contribution in [3.05, 3.63) is 83.4 Å². The highest BCUT2D eigenvalue weighted by molar-refractivity contribution is 6.21. The van der Waals surface area contributed by atoms with E-state index in [1.807, 2.05) is 0 Å². The topological polar surface area (TPSA) is 81.5 Å². The number of halogens is 1. The number of carbonyl (C=O) groups excluding carboxylic acids is 3. The van der Waals surface area contributed by atoms with E-state index in [9.17, 15) is 18.8 Å². The number of fused-ring (bicyclic) bond motifs is 1. The number of rotatable bonds is 3. The second-order valence-electron chi connectivity index (χ2n) is 5.44. The van der Waals surface area contributed by atoms with Crippen LogP contribution in [0.25, 0.3) is 5.69 Å². The van der Waals surface area contributed by atoms with Crippen molar-refractivity contribution in [1.29, 1.82) is 0 Å². The standard InChI is InChI=1S/C18H10FN3O4/c19-11-6-7-15(21-9-3-8-20-21)14(10-11)18(25)26-22-16(23)12-4-1-2-5-13(12)17(22)24/h1-10H. The first kappa shape index (κ1) is 15.7. The van der Waals surface area contributed by atoms with Crippen LogP contribution in [-0.4, -0.2) is 32.6 Å². The van der Waals surface area contributed by atoms with Gasteiger partial charge in [-0.25, -0.2) is 13.9 Å². The van der Waals surface area contributed by atoms with Crippen molar-refractivity contribution < 1.29 is 23.6 Å². The van der Waals surface area contributed by atoms with Crippen molar-refractivity contribution in [2.45, 2.75) is 0 Å². The average molecular weight is 351 g/mol. The second-order valence-corrected chi connectivity index (χ2v) is 5.44. The Labute approximate surface area is 146 Å². The van der Waals surface area contributed by atoms with Crippen LogP contribution in [0.5, 0.6) is 0 Å². The molecule has 0 bridgehead atoms. The molecule has 8 heteroatoms. The third-order valence-corrected chi connectivity index (χ3v) is 3.86. The van der Waals surface area contributed by atoms with E-state index in [1.54, 1.807) is 24.4 Å². The maximum Gasteiger partial charge on any atom is 0.366 e. The fraction of sp³-hybridized carbons (Fsp3) is 0. The van der Waals surface area contributed by atoms with E-state index in [0.717, 1.165) is 12.1 Å². The molecule has 0 saturated heterocycles. The van der Waals surface area contributed by atoms with Crippen LogP contribution in [0.3, 0.4) is 0 Å². The Bertz CT molecular complexity index is 1010. The molecule has 1 aliphatic heterocycles. The number of hydrogen-bond donors (Lipinski definition) is 0. The van der Waals surface area contributed by atoms with Crippen LogP contribution >= 0.6 is 0 Å². The fourth-order valence-electron chi connectivity index (χ4n) is 2.66. The summed E-state index contributed by atoms with van der Waals surface area (Å²) in [6.07, 6.45) is 3.05. The number of amides is 2. The van der Waals surface area contributed by atoms with Crippen molar-refractivity contribution in [3.63, 3.8) is 0 Å². The third kappa shape index (κ3) is 2.44. The predicted octanol–water partition coefficient (Wildman–Crippen LogP) is 2.38. The zero-order valence-electron chi connectivity index (χ0n) is 13.1. The molecule has 3 aromatic rings. The SMILES string of the molecule is O=C(ON1C(=O)c2ccccc2C1=O)c1cc(F)ccc1-n1cccn1. The van der Waals surface area contributed by atoms with Gasteiger partial charge in [0.1, 0.15) is 5.82 Å². The van der Waals surface area contributed by atoms with Gasteiger partial charge in [-0.05, 0) is 36.4 Å². The molecule has 0 saturated carbocycles. The highest BCUT2D eigenvalue weighted by Crippen LogP contribution is 2.24. The third-order valence-electron chi connectivity index (χ3n) is 3.86. The van der Waals surface area contributed by atoms with E-state index in [0.29, 0.717) is 5.06 Å². The Morgan fingerprint density at radius 2 is 1.69 bits per heavy atom. The van der Waals surface area contributed by atoms with Gasteiger partial charge in [0.25, 0.3) is 11.8 Å². The minimum absolute atomic E-state index is 0.136. The molecular formula is C18H10FN3O4. The van der Waals surface area contributed by atoms with Gasteiger partial charge in [-0.15, -0.1) is 0 Å². The van der Waals surface area contributed by atoms with Crippen molar-refractivity contribution in [2.24, 2.45) is 0 Å². The van der Waals surface area contributed by atoms with Crippen LogP contribution in [0.15, 0.2) is 60.9 Å². The molecule has 0 unspecified atom stereocenters. The maximum atomic E-state index is 13.6. The van der Waals surface area contributed by atoms with Gasteiger partial charge in [-0.1, -0.05) is 17.2 Å². The highest BCUT2D eigenvalue weighted by Gasteiger charge is 2.39. The van der Waals surface area contributed by atoms with Crippen molar-refractivity contribution >= 4 is 17.8 Å². The minimum atomic E-state index is -1.05. The lowest BCUT2D eigenvalue weighted by atomic mass is 10.1. The van der Waals surface area contributed by atoms with Gasteiger partial charge in [0.05, 0.1) is 22.4 Å². The molecule has 0 aliphatic carbocycles. The van der Waals surface area contributed by atoms with Gasteiger partial charge in [0.2, 0.25) is 0 Å². The summed E-state index contributed by atoms with van der Waals surface area (Å²) in [5.41, 5.74) is 0.344. The molecule has 2 aromatic carbocycles. The summed E-state index contributed by atoms with van der Waals surface area (Å²) < 4.78 is 15.0. The average Bonchev–Trinajstić information content (AvgIpc) is 3.26. The minimum Gasteiger partial charge on any atom is -0.324 e. The first-order chi connectivity index (χ1) is 12.6. The van der Waals surface area contributed by atoms with Crippen LogP contribution in [0.1, 0.15) is 31.1 Å². The Hall–Kier alpha value is -3.81. The normalized spacial score (nSPS) is 13.0. The summed E-state index contributed by atoms with van der Waals surface area (Å²) >= 11 is 0. The number of hydroxylamine groups is 2. The first-order valence-corrected chi connectivity index (χ1v) is 7.56. The van der Waals surface area contributed by atoms with Gasteiger partial charge >= 0.3 is 5.97 Å². The van der Waals surface area contributed by atoms with Gasteiger partial charge in [-0.2, -0.15) is 5.10 Å². The predicted molar refractivity (Wildman–Crippen MR) is 85.9 cm³/mol. The van der Waals surface area contributed by atoms with Crippen molar-refractivity contribution in [3.8, 4) is 5.69 Å². The van der Waals surface area contributed by atoms with Crippen LogP contribution in [0.4, 0.5) is 4.39 Å². The van der Waals surface area contributed by atoms with E-state index in [-0.39, 0.29) is 22.4 Å². The van der Waals surface area contributed by atoms with Gasteiger partial charge in [-0.3, -0.25) is 9.59 Å². The maximum absolute atomic E-state index is 13.6. The van der Waals surface area contributed by atoms with E-state index >= 15 is 0 Å².